The second-order valence-corrected chi connectivity index (χ2v) is 8.56. The summed E-state index contributed by atoms with van der Waals surface area (Å²) in [5.41, 5.74) is 1.93. The third-order valence-corrected chi connectivity index (χ3v) is 6.42. The van der Waals surface area contributed by atoms with E-state index < -0.39 is 11.6 Å². The fourth-order valence-electron chi connectivity index (χ4n) is 4.50. The van der Waals surface area contributed by atoms with Crippen molar-refractivity contribution in [1.82, 2.24) is 14.9 Å². The van der Waals surface area contributed by atoms with Gasteiger partial charge in [-0.15, -0.1) is 0 Å². The number of fused-ring (bicyclic) bond motifs is 2. The molecule has 0 unspecified atom stereocenters. The second-order valence-electron chi connectivity index (χ2n) is 8.56. The first-order valence-electron chi connectivity index (χ1n) is 10.4. The second kappa shape index (κ2) is 7.18. The monoisotopic (exact) mass is 414 g/mol. The Hall–Kier alpha value is -2.77. The third-order valence-electron chi connectivity index (χ3n) is 6.42. The molecule has 3 heterocycles. The summed E-state index contributed by atoms with van der Waals surface area (Å²) in [7, 11) is 0. The van der Waals surface area contributed by atoms with Gasteiger partial charge in [-0.25, -0.2) is 13.8 Å². The van der Waals surface area contributed by atoms with E-state index >= 15 is 0 Å². The predicted octanol–water partition coefficient (Wildman–Crippen LogP) is 3.20. The first-order chi connectivity index (χ1) is 14.4. The number of piperidine rings is 1. The Morgan fingerprint density at radius 2 is 2.00 bits per heavy atom. The lowest BCUT2D eigenvalue weighted by atomic mass is 9.94. The molecule has 3 aliphatic rings. The topological polar surface area (TPSA) is 58.6 Å². The lowest BCUT2D eigenvalue weighted by molar-refractivity contribution is -0.130. The molecule has 0 atom stereocenters. The number of amides is 1. The molecule has 1 aliphatic carbocycles. The molecule has 1 amide bonds. The van der Waals surface area contributed by atoms with Crippen molar-refractivity contribution in [3.8, 4) is 5.75 Å². The molecule has 0 radical (unpaired) electrons. The molecule has 2 fully saturated rings. The van der Waals surface area contributed by atoms with E-state index in [9.17, 15) is 13.6 Å². The quantitative estimate of drug-likeness (QED) is 0.772. The van der Waals surface area contributed by atoms with Gasteiger partial charge in [-0.2, -0.15) is 0 Å². The molecular weight excluding hydrogens is 390 g/mol. The summed E-state index contributed by atoms with van der Waals surface area (Å²) in [6, 6.07) is 3.39. The molecular formula is C22H24F2N4O2. The van der Waals surface area contributed by atoms with Crippen LogP contribution in [0.2, 0.25) is 0 Å². The Kier molecular flexibility index (Phi) is 4.60. The maximum Gasteiger partial charge on any atom is 0.219 e. The Bertz CT molecular complexity index is 987. The summed E-state index contributed by atoms with van der Waals surface area (Å²) in [5.74, 6) is -0.262. The fraction of sp³-hybridized carbons (Fsp3) is 0.500. The molecule has 6 nitrogen and oxygen atoms in total. The van der Waals surface area contributed by atoms with Gasteiger partial charge < -0.3 is 14.5 Å². The first-order valence-corrected chi connectivity index (χ1v) is 10.4. The van der Waals surface area contributed by atoms with E-state index in [1.807, 2.05) is 4.90 Å². The lowest BCUT2D eigenvalue weighted by Gasteiger charge is -2.36. The number of hydrogen-bond acceptors (Lipinski definition) is 5. The molecule has 30 heavy (non-hydrogen) atoms. The SMILES string of the molecule is CC(=O)N1Cc2ncc(N3CCC(Oc4ccc(F)cc4F)CC3)nc2C2(CC2)C1. The molecule has 158 valence electrons. The highest BCUT2D eigenvalue weighted by Crippen LogP contribution is 2.51. The van der Waals surface area contributed by atoms with Crippen LogP contribution in [0.4, 0.5) is 14.6 Å². The summed E-state index contributed by atoms with van der Waals surface area (Å²) in [5, 5.41) is 0. The fourth-order valence-corrected chi connectivity index (χ4v) is 4.50. The van der Waals surface area contributed by atoms with Crippen LogP contribution in [0, 0.1) is 11.6 Å². The normalized spacial score (nSPS) is 20.2. The van der Waals surface area contributed by atoms with Crippen molar-refractivity contribution in [2.45, 2.75) is 50.7 Å². The van der Waals surface area contributed by atoms with E-state index in [1.165, 1.54) is 12.1 Å². The molecule has 1 spiro atoms. The van der Waals surface area contributed by atoms with Gasteiger partial charge in [0, 0.05) is 50.9 Å². The van der Waals surface area contributed by atoms with Gasteiger partial charge in [0.25, 0.3) is 0 Å². The summed E-state index contributed by atoms with van der Waals surface area (Å²) in [4.78, 5) is 25.5. The van der Waals surface area contributed by atoms with Crippen LogP contribution in [0.15, 0.2) is 24.4 Å². The molecule has 2 aromatic rings. The first kappa shape index (κ1) is 19.2. The van der Waals surface area contributed by atoms with Crippen molar-refractivity contribution in [2.75, 3.05) is 24.5 Å². The van der Waals surface area contributed by atoms with Gasteiger partial charge in [-0.1, -0.05) is 0 Å². The number of carbonyl (C=O) groups excluding carboxylic acids is 1. The number of ether oxygens (including phenoxy) is 1. The van der Waals surface area contributed by atoms with Gasteiger partial charge in [-0.05, 0) is 25.0 Å². The van der Waals surface area contributed by atoms with Crippen molar-refractivity contribution in [2.24, 2.45) is 0 Å². The van der Waals surface area contributed by atoms with E-state index in [0.717, 1.165) is 68.6 Å². The van der Waals surface area contributed by atoms with Crippen LogP contribution in [-0.2, 0) is 16.8 Å². The van der Waals surface area contributed by atoms with E-state index in [0.29, 0.717) is 6.54 Å². The Morgan fingerprint density at radius 3 is 2.67 bits per heavy atom. The number of halogens is 2. The van der Waals surface area contributed by atoms with Crippen molar-refractivity contribution < 1.29 is 18.3 Å². The van der Waals surface area contributed by atoms with Gasteiger partial charge in [0.1, 0.15) is 17.7 Å². The van der Waals surface area contributed by atoms with Crippen LogP contribution < -0.4 is 9.64 Å². The standard InChI is InChI=1S/C22H24F2N4O2/c1-14(29)28-12-18-21(22(13-28)6-7-22)26-20(11-25-18)27-8-4-16(5-9-27)30-19-3-2-15(23)10-17(19)24/h2-3,10-11,16H,4-9,12-13H2,1H3. The molecule has 1 saturated heterocycles. The molecule has 0 bridgehead atoms. The zero-order valence-corrected chi connectivity index (χ0v) is 16.9. The van der Waals surface area contributed by atoms with Gasteiger partial charge in [0.2, 0.25) is 5.91 Å². The minimum atomic E-state index is -0.674. The Labute approximate surface area is 173 Å². The number of carbonyl (C=O) groups is 1. The van der Waals surface area contributed by atoms with Crippen molar-refractivity contribution in [3.05, 3.63) is 47.4 Å². The number of rotatable bonds is 3. The summed E-state index contributed by atoms with van der Waals surface area (Å²) in [6.45, 7) is 4.32. The Balaban J connectivity index is 1.27. The maximum atomic E-state index is 13.8. The van der Waals surface area contributed by atoms with Gasteiger partial charge in [0.15, 0.2) is 11.6 Å². The molecule has 1 saturated carbocycles. The van der Waals surface area contributed by atoms with Crippen LogP contribution in [0.3, 0.4) is 0 Å². The van der Waals surface area contributed by atoms with Crippen molar-refractivity contribution in [3.63, 3.8) is 0 Å². The van der Waals surface area contributed by atoms with Gasteiger partial charge in [-0.3, -0.25) is 9.78 Å². The largest absolute Gasteiger partial charge is 0.487 e. The van der Waals surface area contributed by atoms with Gasteiger partial charge >= 0.3 is 0 Å². The zero-order valence-electron chi connectivity index (χ0n) is 16.9. The molecule has 1 aromatic carbocycles. The van der Waals surface area contributed by atoms with Crippen LogP contribution in [-0.4, -0.2) is 46.5 Å². The summed E-state index contributed by atoms with van der Waals surface area (Å²) in [6.07, 6.45) is 5.20. The number of hydrogen-bond donors (Lipinski definition) is 0. The van der Waals surface area contributed by atoms with Gasteiger partial charge in [0.05, 0.1) is 24.1 Å². The molecule has 5 rings (SSSR count). The van der Waals surface area contributed by atoms with Crippen LogP contribution in [0.1, 0.15) is 44.0 Å². The highest BCUT2D eigenvalue weighted by atomic mass is 19.1. The van der Waals surface area contributed by atoms with Crippen molar-refractivity contribution in [1.29, 1.82) is 0 Å². The summed E-state index contributed by atoms with van der Waals surface area (Å²) >= 11 is 0. The van der Waals surface area contributed by atoms with E-state index in [1.54, 1.807) is 13.1 Å². The highest BCUT2D eigenvalue weighted by Gasteiger charge is 2.51. The molecule has 8 heteroatoms. The molecule has 2 aliphatic heterocycles. The highest BCUT2D eigenvalue weighted by molar-refractivity contribution is 5.74. The number of anilines is 1. The molecule has 1 aromatic heterocycles. The minimum Gasteiger partial charge on any atom is -0.487 e. The van der Waals surface area contributed by atoms with E-state index in [-0.39, 0.29) is 23.2 Å². The number of benzene rings is 1. The average Bonchev–Trinajstić information content (AvgIpc) is 3.50. The average molecular weight is 414 g/mol. The van der Waals surface area contributed by atoms with Crippen LogP contribution >= 0.6 is 0 Å². The minimum absolute atomic E-state index is 0.0240. The third kappa shape index (κ3) is 3.48. The number of nitrogens with zero attached hydrogens (tertiary/aromatic N) is 4. The zero-order chi connectivity index (χ0) is 20.9. The summed E-state index contributed by atoms with van der Waals surface area (Å²) < 4.78 is 32.7. The maximum absolute atomic E-state index is 13.8. The molecule has 0 N–H and O–H groups in total. The predicted molar refractivity (Wildman–Crippen MR) is 106 cm³/mol. The number of aromatic nitrogens is 2. The van der Waals surface area contributed by atoms with E-state index in [2.05, 4.69) is 9.88 Å². The van der Waals surface area contributed by atoms with E-state index in [4.69, 9.17) is 9.72 Å². The van der Waals surface area contributed by atoms with Crippen LogP contribution in [0.25, 0.3) is 0 Å². The van der Waals surface area contributed by atoms with Crippen LogP contribution in [0.5, 0.6) is 5.75 Å². The van der Waals surface area contributed by atoms with Crippen molar-refractivity contribution >= 4 is 11.7 Å². The smallest absolute Gasteiger partial charge is 0.219 e. The lowest BCUT2D eigenvalue weighted by Crippen LogP contribution is -2.43. The Morgan fingerprint density at radius 1 is 1.23 bits per heavy atom.